The van der Waals surface area contributed by atoms with Crippen molar-refractivity contribution in [2.75, 3.05) is 6.54 Å². The summed E-state index contributed by atoms with van der Waals surface area (Å²) < 4.78 is 47.2. The zero-order valence-electron chi connectivity index (χ0n) is 18.7. The number of aryl methyl sites for hydroxylation is 1. The number of imidazole rings is 1. The van der Waals surface area contributed by atoms with E-state index in [9.17, 15) is 18.0 Å². The molecule has 6 rings (SSSR count). The molecule has 0 fully saturated rings. The van der Waals surface area contributed by atoms with Crippen molar-refractivity contribution in [3.63, 3.8) is 0 Å². The number of amides is 1. The molecular formula is C23H17F3N8O2. The quantitative estimate of drug-likeness (QED) is 0.407. The molecule has 0 saturated carbocycles. The SMILES string of the molecule is Cc1cccc(-c2nnc(C(=O)N3CCc4[nH]cnc4C3c3cc4cccc(C(F)(F)F)n4n3)o2)n1. The van der Waals surface area contributed by atoms with Crippen LogP contribution in [0, 0.1) is 6.92 Å². The number of carbonyl (C=O) groups is 1. The van der Waals surface area contributed by atoms with E-state index in [1.807, 2.05) is 13.0 Å². The molecule has 1 N–H and O–H groups in total. The summed E-state index contributed by atoms with van der Waals surface area (Å²) >= 11 is 0. The van der Waals surface area contributed by atoms with Crippen LogP contribution in [0.2, 0.25) is 0 Å². The minimum Gasteiger partial charge on any atom is -0.411 e. The topological polar surface area (TPSA) is 118 Å². The molecule has 36 heavy (non-hydrogen) atoms. The Morgan fingerprint density at radius 1 is 1.17 bits per heavy atom. The van der Waals surface area contributed by atoms with Gasteiger partial charge in [0, 0.05) is 24.4 Å². The van der Waals surface area contributed by atoms with Crippen molar-refractivity contribution in [1.82, 2.24) is 39.7 Å². The van der Waals surface area contributed by atoms with Crippen LogP contribution in [-0.4, -0.2) is 52.1 Å². The summed E-state index contributed by atoms with van der Waals surface area (Å²) in [5.41, 5.74) is 1.97. The fourth-order valence-corrected chi connectivity index (χ4v) is 4.38. The molecule has 0 spiro atoms. The second-order valence-electron chi connectivity index (χ2n) is 8.31. The van der Waals surface area contributed by atoms with E-state index in [1.165, 1.54) is 29.4 Å². The number of H-pyrrole nitrogens is 1. The number of aromatic nitrogens is 7. The minimum absolute atomic E-state index is 0.0821. The van der Waals surface area contributed by atoms with Crippen molar-refractivity contribution in [3.05, 3.63) is 83.2 Å². The molecule has 0 aromatic carbocycles. The Morgan fingerprint density at radius 2 is 2.00 bits per heavy atom. The normalized spacial score (nSPS) is 15.9. The Bertz CT molecular complexity index is 1600. The number of aromatic amines is 1. The Balaban J connectivity index is 1.42. The van der Waals surface area contributed by atoms with Gasteiger partial charge < -0.3 is 14.3 Å². The van der Waals surface area contributed by atoms with E-state index in [0.717, 1.165) is 22.0 Å². The molecule has 1 amide bonds. The van der Waals surface area contributed by atoms with Crippen LogP contribution in [0.1, 0.15) is 45.2 Å². The van der Waals surface area contributed by atoms with Crippen molar-refractivity contribution < 1.29 is 22.4 Å². The number of nitrogens with one attached hydrogen (secondary N) is 1. The highest BCUT2D eigenvalue weighted by Crippen LogP contribution is 2.36. The highest BCUT2D eigenvalue weighted by atomic mass is 19.4. The van der Waals surface area contributed by atoms with Gasteiger partial charge in [0.2, 0.25) is 0 Å². The molecule has 10 nitrogen and oxygen atoms in total. The minimum atomic E-state index is -4.60. The van der Waals surface area contributed by atoms with Gasteiger partial charge in [-0.25, -0.2) is 14.5 Å². The average molecular weight is 494 g/mol. The van der Waals surface area contributed by atoms with Gasteiger partial charge in [0.1, 0.15) is 17.4 Å². The summed E-state index contributed by atoms with van der Waals surface area (Å²) in [5.74, 6) is -0.774. The van der Waals surface area contributed by atoms with Crippen LogP contribution >= 0.6 is 0 Å². The first-order valence-corrected chi connectivity index (χ1v) is 11.0. The van der Waals surface area contributed by atoms with E-state index in [2.05, 4.69) is 30.2 Å². The molecule has 13 heteroatoms. The second-order valence-corrected chi connectivity index (χ2v) is 8.31. The maximum absolute atomic E-state index is 13.6. The third-order valence-electron chi connectivity index (χ3n) is 5.98. The fraction of sp³-hybridized carbons (Fsp3) is 0.217. The molecule has 0 aliphatic carbocycles. The Hall–Kier alpha value is -4.55. The molecular weight excluding hydrogens is 477 g/mol. The predicted molar refractivity (Wildman–Crippen MR) is 118 cm³/mol. The van der Waals surface area contributed by atoms with Gasteiger partial charge in [-0.05, 0) is 37.3 Å². The second kappa shape index (κ2) is 8.00. The number of hydrogen-bond donors (Lipinski definition) is 1. The van der Waals surface area contributed by atoms with E-state index in [1.54, 1.807) is 12.1 Å². The lowest BCUT2D eigenvalue weighted by atomic mass is 9.99. The van der Waals surface area contributed by atoms with E-state index >= 15 is 0 Å². The third-order valence-corrected chi connectivity index (χ3v) is 5.98. The molecule has 0 bridgehead atoms. The summed E-state index contributed by atoms with van der Waals surface area (Å²) in [4.78, 5) is 26.7. The van der Waals surface area contributed by atoms with Crippen LogP contribution < -0.4 is 0 Å². The third kappa shape index (κ3) is 3.59. The highest BCUT2D eigenvalue weighted by molar-refractivity contribution is 5.90. The zero-order chi connectivity index (χ0) is 25.0. The molecule has 1 aliphatic rings. The van der Waals surface area contributed by atoms with Gasteiger partial charge in [0.15, 0.2) is 0 Å². The summed E-state index contributed by atoms with van der Waals surface area (Å²) in [6.45, 7) is 2.05. The average Bonchev–Trinajstić information content (AvgIpc) is 3.61. The van der Waals surface area contributed by atoms with Gasteiger partial charge in [-0.15, -0.1) is 10.2 Å². The van der Waals surface area contributed by atoms with Gasteiger partial charge in [-0.1, -0.05) is 12.1 Å². The monoisotopic (exact) mass is 494 g/mol. The Morgan fingerprint density at radius 3 is 2.81 bits per heavy atom. The zero-order valence-corrected chi connectivity index (χ0v) is 18.7. The molecule has 5 aromatic heterocycles. The highest BCUT2D eigenvalue weighted by Gasteiger charge is 2.39. The van der Waals surface area contributed by atoms with Crippen molar-refractivity contribution in [3.8, 4) is 11.6 Å². The summed E-state index contributed by atoms with van der Waals surface area (Å²) in [7, 11) is 0. The van der Waals surface area contributed by atoms with Gasteiger partial charge in [-0.2, -0.15) is 18.3 Å². The van der Waals surface area contributed by atoms with E-state index < -0.39 is 23.8 Å². The smallest absolute Gasteiger partial charge is 0.411 e. The molecule has 5 aromatic rings. The molecule has 0 radical (unpaired) electrons. The summed E-state index contributed by atoms with van der Waals surface area (Å²) in [6, 6.07) is 9.71. The van der Waals surface area contributed by atoms with E-state index in [0.29, 0.717) is 17.8 Å². The Kier molecular flexibility index (Phi) is 4.88. The number of nitrogens with zero attached hydrogens (tertiary/aromatic N) is 7. The fourth-order valence-electron chi connectivity index (χ4n) is 4.38. The number of rotatable bonds is 3. The first-order chi connectivity index (χ1) is 17.3. The molecule has 1 unspecified atom stereocenters. The van der Waals surface area contributed by atoms with Crippen LogP contribution in [0.25, 0.3) is 17.1 Å². The predicted octanol–water partition coefficient (Wildman–Crippen LogP) is 3.62. The van der Waals surface area contributed by atoms with Crippen LogP contribution in [0.15, 0.2) is 53.2 Å². The van der Waals surface area contributed by atoms with Gasteiger partial charge in [-0.3, -0.25) is 4.79 Å². The van der Waals surface area contributed by atoms with Crippen LogP contribution in [-0.2, 0) is 12.6 Å². The largest absolute Gasteiger partial charge is 0.433 e. The van der Waals surface area contributed by atoms with Gasteiger partial charge in [0.05, 0.1) is 23.2 Å². The van der Waals surface area contributed by atoms with E-state index in [4.69, 9.17) is 4.42 Å². The van der Waals surface area contributed by atoms with Crippen molar-refractivity contribution >= 4 is 11.4 Å². The first-order valence-electron chi connectivity index (χ1n) is 11.0. The number of carbonyl (C=O) groups excluding carboxylic acids is 1. The maximum Gasteiger partial charge on any atom is 0.433 e. The van der Waals surface area contributed by atoms with Crippen molar-refractivity contribution in [1.29, 1.82) is 0 Å². The number of halogens is 3. The van der Waals surface area contributed by atoms with Crippen molar-refractivity contribution in [2.24, 2.45) is 0 Å². The lowest BCUT2D eigenvalue weighted by Gasteiger charge is -2.32. The van der Waals surface area contributed by atoms with E-state index in [-0.39, 0.29) is 29.5 Å². The van der Waals surface area contributed by atoms with Gasteiger partial charge >= 0.3 is 18.0 Å². The first kappa shape index (κ1) is 21.9. The van der Waals surface area contributed by atoms with Crippen LogP contribution in [0.5, 0.6) is 0 Å². The summed E-state index contributed by atoms with van der Waals surface area (Å²) in [6.07, 6.45) is -2.66. The molecule has 182 valence electrons. The summed E-state index contributed by atoms with van der Waals surface area (Å²) in [5, 5.41) is 12.1. The lowest BCUT2D eigenvalue weighted by molar-refractivity contribution is -0.142. The standard InChI is InChI=1S/C23H17F3N8O2/c1-12-4-2-6-15(29-12)20-30-31-21(36-20)22(35)33-9-8-14-18(28-11-27-14)19(33)16-10-13-5-3-7-17(23(24,25)26)34(13)32-16/h2-7,10-11,19H,8-9H2,1H3,(H,27,28). The number of alkyl halides is 3. The number of pyridine rings is 2. The number of hydrogen-bond acceptors (Lipinski definition) is 7. The van der Waals surface area contributed by atoms with Crippen LogP contribution in [0.3, 0.4) is 0 Å². The van der Waals surface area contributed by atoms with Gasteiger partial charge in [0.25, 0.3) is 5.89 Å². The van der Waals surface area contributed by atoms with Crippen molar-refractivity contribution in [2.45, 2.75) is 25.6 Å². The Labute approximate surface area is 200 Å². The molecule has 6 heterocycles. The molecule has 1 aliphatic heterocycles. The number of fused-ring (bicyclic) bond motifs is 2. The van der Waals surface area contributed by atoms with Crippen LogP contribution in [0.4, 0.5) is 13.2 Å². The maximum atomic E-state index is 13.6. The molecule has 1 atom stereocenters. The molecule has 0 saturated heterocycles. The lowest BCUT2D eigenvalue weighted by Crippen LogP contribution is -2.41.